The lowest BCUT2D eigenvalue weighted by atomic mass is 9.91. The van der Waals surface area contributed by atoms with Crippen molar-refractivity contribution in [2.45, 2.75) is 25.3 Å². The molecule has 1 saturated heterocycles. The Bertz CT molecular complexity index is 1150. The van der Waals surface area contributed by atoms with Crippen LogP contribution < -0.4 is 0 Å². The summed E-state index contributed by atoms with van der Waals surface area (Å²) in [4.78, 5) is 5.20. The molecule has 4 aromatic carbocycles. The van der Waals surface area contributed by atoms with Crippen LogP contribution in [0.25, 0.3) is 21.5 Å². The van der Waals surface area contributed by atoms with Gasteiger partial charge in [0, 0.05) is 13.1 Å². The number of benzene rings is 4. The molecule has 1 fully saturated rings. The molecule has 0 saturated carbocycles. The third kappa shape index (κ3) is 4.37. The first-order valence-electron chi connectivity index (χ1n) is 11.7. The van der Waals surface area contributed by atoms with Crippen LogP contribution in [0.2, 0.25) is 0 Å². The van der Waals surface area contributed by atoms with Gasteiger partial charge < -0.3 is 4.90 Å². The van der Waals surface area contributed by atoms with Gasteiger partial charge in [-0.3, -0.25) is 4.90 Å². The molecular formula is C29H32N2. The van der Waals surface area contributed by atoms with E-state index in [1.165, 1.54) is 65.0 Å². The van der Waals surface area contributed by atoms with E-state index in [-0.39, 0.29) is 6.04 Å². The van der Waals surface area contributed by atoms with Crippen LogP contribution in [0.4, 0.5) is 0 Å². The summed E-state index contributed by atoms with van der Waals surface area (Å²) in [7, 11) is 2.30. The Morgan fingerprint density at radius 3 is 2.29 bits per heavy atom. The summed E-state index contributed by atoms with van der Waals surface area (Å²) in [5.41, 5.74) is 2.77. The van der Waals surface area contributed by atoms with Gasteiger partial charge in [0.1, 0.15) is 0 Å². The minimum Gasteiger partial charge on any atom is -0.302 e. The Morgan fingerprint density at radius 2 is 1.45 bits per heavy atom. The summed E-state index contributed by atoms with van der Waals surface area (Å²) >= 11 is 0. The van der Waals surface area contributed by atoms with E-state index in [1.54, 1.807) is 0 Å². The number of likely N-dealkylation sites (N-methyl/N-ethyl adjacent to an activating group) is 1. The third-order valence-electron chi connectivity index (χ3n) is 6.87. The number of fused-ring (bicyclic) bond motifs is 2. The summed E-state index contributed by atoms with van der Waals surface area (Å²) < 4.78 is 0. The normalized spacial score (nSPS) is 16.2. The average molecular weight is 409 g/mol. The third-order valence-corrected chi connectivity index (χ3v) is 6.87. The molecule has 5 rings (SSSR count). The van der Waals surface area contributed by atoms with Crippen LogP contribution in [-0.4, -0.2) is 43.0 Å². The van der Waals surface area contributed by atoms with E-state index >= 15 is 0 Å². The van der Waals surface area contributed by atoms with Gasteiger partial charge in [0.05, 0.1) is 6.04 Å². The van der Waals surface area contributed by atoms with Crippen molar-refractivity contribution in [1.29, 1.82) is 0 Å². The van der Waals surface area contributed by atoms with Gasteiger partial charge in [0.2, 0.25) is 0 Å². The Hall–Kier alpha value is -2.68. The Kier molecular flexibility index (Phi) is 6.01. The van der Waals surface area contributed by atoms with E-state index in [9.17, 15) is 0 Å². The molecule has 0 N–H and O–H groups in total. The molecule has 1 aliphatic heterocycles. The molecule has 1 unspecified atom stereocenters. The van der Waals surface area contributed by atoms with Gasteiger partial charge >= 0.3 is 0 Å². The molecule has 4 aromatic rings. The minimum absolute atomic E-state index is 0.237. The van der Waals surface area contributed by atoms with Crippen LogP contribution in [0.15, 0.2) is 84.9 Å². The number of hydrogen-bond acceptors (Lipinski definition) is 2. The molecule has 0 aromatic heterocycles. The first kappa shape index (κ1) is 20.2. The monoisotopic (exact) mass is 408 g/mol. The molecule has 2 heteroatoms. The number of rotatable bonds is 6. The maximum Gasteiger partial charge on any atom is 0.0606 e. The largest absolute Gasteiger partial charge is 0.302 e. The number of hydrogen-bond donors (Lipinski definition) is 0. The van der Waals surface area contributed by atoms with Crippen molar-refractivity contribution in [3.8, 4) is 0 Å². The highest BCUT2D eigenvalue weighted by Gasteiger charge is 2.22. The van der Waals surface area contributed by atoms with Gasteiger partial charge in [-0.15, -0.1) is 0 Å². The van der Waals surface area contributed by atoms with Crippen LogP contribution in [0.5, 0.6) is 0 Å². The molecule has 1 atom stereocenters. The Balaban J connectivity index is 1.54. The van der Waals surface area contributed by atoms with Crippen LogP contribution >= 0.6 is 0 Å². The Morgan fingerprint density at radius 1 is 0.742 bits per heavy atom. The van der Waals surface area contributed by atoms with Gasteiger partial charge in [0.15, 0.2) is 0 Å². The molecule has 0 amide bonds. The predicted octanol–water partition coefficient (Wildman–Crippen LogP) is 6.50. The minimum atomic E-state index is 0.237. The number of piperidine rings is 1. The van der Waals surface area contributed by atoms with Crippen molar-refractivity contribution in [3.63, 3.8) is 0 Å². The molecule has 0 spiro atoms. The second-order valence-electron chi connectivity index (χ2n) is 8.96. The van der Waals surface area contributed by atoms with Gasteiger partial charge in [-0.1, -0.05) is 85.3 Å². The average Bonchev–Trinajstić information content (AvgIpc) is 2.84. The van der Waals surface area contributed by atoms with Gasteiger partial charge in [-0.25, -0.2) is 0 Å². The van der Waals surface area contributed by atoms with Crippen molar-refractivity contribution in [3.05, 3.63) is 96.1 Å². The first-order chi connectivity index (χ1) is 15.3. The molecule has 0 bridgehead atoms. The lowest BCUT2D eigenvalue weighted by molar-refractivity contribution is 0.182. The van der Waals surface area contributed by atoms with Crippen molar-refractivity contribution < 1.29 is 0 Å². The molecule has 31 heavy (non-hydrogen) atoms. The smallest absolute Gasteiger partial charge is 0.0606 e. The van der Waals surface area contributed by atoms with Crippen LogP contribution in [-0.2, 0) is 0 Å². The molecule has 0 aliphatic carbocycles. The van der Waals surface area contributed by atoms with Gasteiger partial charge in [0.25, 0.3) is 0 Å². The van der Waals surface area contributed by atoms with Crippen molar-refractivity contribution in [1.82, 2.24) is 9.80 Å². The van der Waals surface area contributed by atoms with E-state index < -0.39 is 0 Å². The van der Waals surface area contributed by atoms with Crippen molar-refractivity contribution in [2.75, 3.05) is 33.2 Å². The van der Waals surface area contributed by atoms with Crippen molar-refractivity contribution >= 4 is 21.5 Å². The van der Waals surface area contributed by atoms with E-state index in [4.69, 9.17) is 0 Å². The Labute approximate surface area is 186 Å². The summed E-state index contributed by atoms with van der Waals surface area (Å²) in [6.07, 6.45) is 4.09. The SMILES string of the molecule is CN(CCN1CCCCC1)C(c1ccc2ccccc2c1)c1cccc2ccccc12. The molecule has 158 valence electrons. The molecule has 1 heterocycles. The second kappa shape index (κ2) is 9.21. The highest BCUT2D eigenvalue weighted by molar-refractivity contribution is 5.87. The summed E-state index contributed by atoms with van der Waals surface area (Å²) in [6, 6.07) is 31.5. The number of likely N-dealkylation sites (tertiary alicyclic amines) is 1. The molecular weight excluding hydrogens is 376 g/mol. The van der Waals surface area contributed by atoms with E-state index in [2.05, 4.69) is 102 Å². The standard InChI is InChI=1S/C29H32N2/c1-30(20-21-31-18-7-2-8-19-31)29(26-17-16-23-10-3-4-12-25(23)22-26)28-15-9-13-24-11-5-6-14-27(24)28/h3-6,9-17,22,29H,2,7-8,18-21H2,1H3. The fourth-order valence-electron chi connectivity index (χ4n) is 5.15. The predicted molar refractivity (Wildman–Crippen MR) is 133 cm³/mol. The summed E-state index contributed by atoms with van der Waals surface area (Å²) in [5.74, 6) is 0. The maximum atomic E-state index is 2.64. The zero-order valence-corrected chi connectivity index (χ0v) is 18.5. The zero-order valence-electron chi connectivity index (χ0n) is 18.5. The maximum absolute atomic E-state index is 2.64. The van der Waals surface area contributed by atoms with Crippen LogP contribution in [0, 0.1) is 0 Å². The molecule has 1 aliphatic rings. The highest BCUT2D eigenvalue weighted by Crippen LogP contribution is 2.34. The van der Waals surface area contributed by atoms with E-state index in [0.29, 0.717) is 0 Å². The van der Waals surface area contributed by atoms with Crippen LogP contribution in [0.3, 0.4) is 0 Å². The van der Waals surface area contributed by atoms with E-state index in [0.717, 1.165) is 13.1 Å². The zero-order chi connectivity index (χ0) is 21.0. The lowest BCUT2D eigenvalue weighted by Gasteiger charge is -2.33. The topological polar surface area (TPSA) is 6.48 Å². The van der Waals surface area contributed by atoms with Gasteiger partial charge in [-0.05, 0) is 71.7 Å². The number of nitrogens with zero attached hydrogens (tertiary/aromatic N) is 2. The fraction of sp³-hybridized carbons (Fsp3) is 0.310. The first-order valence-corrected chi connectivity index (χ1v) is 11.7. The van der Waals surface area contributed by atoms with Crippen LogP contribution in [0.1, 0.15) is 36.4 Å². The molecule has 2 nitrogen and oxygen atoms in total. The summed E-state index contributed by atoms with van der Waals surface area (Å²) in [5, 5.41) is 5.29. The lowest BCUT2D eigenvalue weighted by Crippen LogP contribution is -2.38. The molecule has 0 radical (unpaired) electrons. The summed E-state index contributed by atoms with van der Waals surface area (Å²) in [6.45, 7) is 4.72. The van der Waals surface area contributed by atoms with Gasteiger partial charge in [-0.2, -0.15) is 0 Å². The highest BCUT2D eigenvalue weighted by atomic mass is 15.2. The second-order valence-corrected chi connectivity index (χ2v) is 8.96. The van der Waals surface area contributed by atoms with E-state index in [1.807, 2.05) is 0 Å². The quantitative estimate of drug-likeness (QED) is 0.359. The fourth-order valence-corrected chi connectivity index (χ4v) is 5.15. The van der Waals surface area contributed by atoms with Crippen molar-refractivity contribution in [2.24, 2.45) is 0 Å².